The number of nitrogens with one attached hydrogen (secondary N) is 1. The fourth-order valence-electron chi connectivity index (χ4n) is 4.39. The van der Waals surface area contributed by atoms with E-state index in [1.807, 2.05) is 47.4 Å². The van der Waals surface area contributed by atoms with Crippen LogP contribution in [0.5, 0.6) is 0 Å². The van der Waals surface area contributed by atoms with Gasteiger partial charge in [-0.1, -0.05) is 65.0 Å². The molecule has 1 aliphatic heterocycles. The number of amides is 2. The van der Waals surface area contributed by atoms with Gasteiger partial charge in [-0.25, -0.2) is 0 Å². The topological polar surface area (TPSA) is 49.4 Å². The Bertz CT molecular complexity index is 935. The summed E-state index contributed by atoms with van der Waals surface area (Å²) in [6.45, 7) is 10.8. The summed E-state index contributed by atoms with van der Waals surface area (Å²) in [5.41, 5.74) is 4.18. The second-order valence-electron chi connectivity index (χ2n) is 9.66. The van der Waals surface area contributed by atoms with E-state index in [9.17, 15) is 9.59 Å². The average Bonchev–Trinajstić information content (AvgIpc) is 3.07. The van der Waals surface area contributed by atoms with Crippen molar-refractivity contribution in [3.8, 4) is 0 Å². The Morgan fingerprint density at radius 1 is 1.19 bits per heavy atom. The van der Waals surface area contributed by atoms with Gasteiger partial charge in [-0.3, -0.25) is 14.5 Å². The van der Waals surface area contributed by atoms with Crippen molar-refractivity contribution in [3.63, 3.8) is 0 Å². The van der Waals surface area contributed by atoms with Gasteiger partial charge in [0, 0.05) is 17.8 Å². The zero-order chi connectivity index (χ0) is 22.6. The van der Waals surface area contributed by atoms with Crippen LogP contribution >= 0.6 is 11.8 Å². The van der Waals surface area contributed by atoms with Crippen molar-refractivity contribution in [2.45, 2.75) is 59.3 Å². The molecule has 0 saturated carbocycles. The molecule has 1 fully saturated rings. The fraction of sp³-hybridized carbons (Fsp3) is 0.462. The molecule has 0 unspecified atom stereocenters. The van der Waals surface area contributed by atoms with Gasteiger partial charge in [-0.2, -0.15) is 0 Å². The zero-order valence-electron chi connectivity index (χ0n) is 19.3. The van der Waals surface area contributed by atoms with E-state index in [0.717, 1.165) is 29.8 Å². The van der Waals surface area contributed by atoms with Gasteiger partial charge < -0.3 is 5.32 Å². The molecular weight excluding hydrogens is 404 g/mol. The molecule has 3 rings (SSSR count). The molecule has 31 heavy (non-hydrogen) atoms. The van der Waals surface area contributed by atoms with Gasteiger partial charge >= 0.3 is 0 Å². The van der Waals surface area contributed by atoms with E-state index in [4.69, 9.17) is 0 Å². The molecule has 0 radical (unpaired) electrons. The molecule has 0 aromatic heterocycles. The highest BCUT2D eigenvalue weighted by atomic mass is 32.2. The molecule has 166 valence electrons. The Balaban J connectivity index is 1.76. The quantitative estimate of drug-likeness (QED) is 0.542. The lowest BCUT2D eigenvalue weighted by Crippen LogP contribution is -2.28. The predicted molar refractivity (Wildman–Crippen MR) is 131 cm³/mol. The summed E-state index contributed by atoms with van der Waals surface area (Å²) in [6, 6.07) is 16.0. The predicted octanol–water partition coefficient (Wildman–Crippen LogP) is 6.43. The lowest BCUT2D eigenvalue weighted by atomic mass is 9.84. The third-order valence-corrected chi connectivity index (χ3v) is 6.66. The summed E-state index contributed by atoms with van der Waals surface area (Å²) in [7, 11) is 0. The molecule has 2 atom stereocenters. The minimum absolute atomic E-state index is 0.0391. The molecule has 2 aromatic rings. The summed E-state index contributed by atoms with van der Waals surface area (Å²) in [5.74, 6) is 0.953. The lowest BCUT2D eigenvalue weighted by Gasteiger charge is -2.27. The number of hydrogen-bond acceptors (Lipinski definition) is 3. The van der Waals surface area contributed by atoms with Gasteiger partial charge in [-0.15, -0.1) is 11.8 Å². The molecule has 0 spiro atoms. The number of carbonyl (C=O) groups excluding carboxylic acids is 2. The molecule has 0 aliphatic carbocycles. The number of thioether (sulfide) groups is 1. The van der Waals surface area contributed by atoms with Crippen LogP contribution in [0, 0.1) is 11.3 Å². The van der Waals surface area contributed by atoms with Crippen LogP contribution in [-0.4, -0.2) is 17.6 Å². The lowest BCUT2D eigenvalue weighted by molar-refractivity contribution is -0.117. The third-order valence-electron chi connectivity index (χ3n) is 5.45. The fourth-order valence-corrected chi connectivity index (χ4v) is 5.55. The minimum atomic E-state index is -0.0862. The molecule has 5 heteroatoms. The van der Waals surface area contributed by atoms with Crippen molar-refractivity contribution >= 4 is 35.0 Å². The molecule has 1 aliphatic rings. The molecule has 1 saturated heterocycles. The number of para-hydroxylation sites is 1. The minimum Gasteiger partial charge on any atom is -0.326 e. The number of aryl methyl sites for hydroxylation is 1. The first-order valence-corrected chi connectivity index (χ1v) is 12.1. The van der Waals surface area contributed by atoms with Gasteiger partial charge in [0.25, 0.3) is 0 Å². The largest absolute Gasteiger partial charge is 0.326 e. The van der Waals surface area contributed by atoms with Crippen LogP contribution in [0.2, 0.25) is 0 Å². The summed E-state index contributed by atoms with van der Waals surface area (Å²) in [6.07, 6.45) is 2.39. The Morgan fingerprint density at radius 2 is 1.94 bits per heavy atom. The van der Waals surface area contributed by atoms with Crippen molar-refractivity contribution in [1.29, 1.82) is 0 Å². The van der Waals surface area contributed by atoms with Crippen LogP contribution in [0.25, 0.3) is 0 Å². The highest BCUT2D eigenvalue weighted by Crippen LogP contribution is 2.43. The zero-order valence-corrected chi connectivity index (χ0v) is 20.1. The maximum absolute atomic E-state index is 12.8. The monoisotopic (exact) mass is 438 g/mol. The molecule has 1 heterocycles. The second-order valence-corrected chi connectivity index (χ2v) is 10.7. The summed E-state index contributed by atoms with van der Waals surface area (Å²) in [5, 5.41) is 2.97. The molecule has 2 aromatic carbocycles. The Labute approximate surface area is 190 Å². The van der Waals surface area contributed by atoms with E-state index < -0.39 is 0 Å². The van der Waals surface area contributed by atoms with Crippen molar-refractivity contribution < 1.29 is 9.59 Å². The Morgan fingerprint density at radius 3 is 2.65 bits per heavy atom. The second kappa shape index (κ2) is 9.90. The van der Waals surface area contributed by atoms with Crippen LogP contribution < -0.4 is 10.2 Å². The van der Waals surface area contributed by atoms with Crippen LogP contribution in [0.1, 0.15) is 64.0 Å². The summed E-state index contributed by atoms with van der Waals surface area (Å²) < 4.78 is 0. The molecule has 2 amide bonds. The van der Waals surface area contributed by atoms with E-state index in [-0.39, 0.29) is 22.6 Å². The first-order valence-electron chi connectivity index (χ1n) is 11.1. The highest BCUT2D eigenvalue weighted by molar-refractivity contribution is 8.00. The standard InChI is InChI=1S/C26H34N2O2S/c1-6-19-10-7-8-13-22(19)28-24(30)17-31-25(28)20-11-9-12-21(15-20)27-23(29)14-18(2)16-26(3,4)5/h7-13,15,18,25H,6,14,16-17H2,1-5H3,(H,27,29)/t18-,25-/m1/s1. The van der Waals surface area contributed by atoms with Gasteiger partial charge in [0.05, 0.1) is 5.75 Å². The number of benzene rings is 2. The van der Waals surface area contributed by atoms with Crippen LogP contribution in [0.3, 0.4) is 0 Å². The van der Waals surface area contributed by atoms with Crippen LogP contribution in [0.15, 0.2) is 48.5 Å². The van der Waals surface area contributed by atoms with Crippen molar-refractivity contribution in [2.24, 2.45) is 11.3 Å². The number of carbonyl (C=O) groups is 2. The summed E-state index contributed by atoms with van der Waals surface area (Å²) in [4.78, 5) is 27.3. The van der Waals surface area contributed by atoms with Crippen LogP contribution in [0.4, 0.5) is 11.4 Å². The van der Waals surface area contributed by atoms with Gasteiger partial charge in [-0.05, 0) is 53.5 Å². The number of nitrogens with zero attached hydrogens (tertiary/aromatic N) is 1. The van der Waals surface area contributed by atoms with Gasteiger partial charge in [0.15, 0.2) is 0 Å². The first kappa shape index (κ1) is 23.4. The molecule has 0 bridgehead atoms. The van der Waals surface area contributed by atoms with E-state index in [0.29, 0.717) is 18.1 Å². The smallest absolute Gasteiger partial charge is 0.238 e. The van der Waals surface area contributed by atoms with Crippen molar-refractivity contribution in [1.82, 2.24) is 0 Å². The van der Waals surface area contributed by atoms with Gasteiger partial charge in [0.2, 0.25) is 11.8 Å². The van der Waals surface area contributed by atoms with E-state index in [2.05, 4.69) is 46.0 Å². The van der Waals surface area contributed by atoms with Crippen molar-refractivity contribution in [3.05, 3.63) is 59.7 Å². The normalized spacial score (nSPS) is 17.6. The number of anilines is 2. The highest BCUT2D eigenvalue weighted by Gasteiger charge is 2.35. The summed E-state index contributed by atoms with van der Waals surface area (Å²) >= 11 is 1.63. The molecule has 1 N–H and O–H groups in total. The van der Waals surface area contributed by atoms with E-state index in [1.54, 1.807) is 11.8 Å². The number of rotatable bonds is 7. The number of hydrogen-bond donors (Lipinski definition) is 1. The van der Waals surface area contributed by atoms with E-state index in [1.165, 1.54) is 5.56 Å². The maximum atomic E-state index is 12.8. The Kier molecular flexibility index (Phi) is 7.47. The van der Waals surface area contributed by atoms with Crippen LogP contribution in [-0.2, 0) is 16.0 Å². The SMILES string of the molecule is CCc1ccccc1N1C(=O)CS[C@@H]1c1cccc(NC(=O)C[C@@H](C)CC(C)(C)C)c1. The molecular formula is C26H34N2O2S. The van der Waals surface area contributed by atoms with E-state index >= 15 is 0 Å². The maximum Gasteiger partial charge on any atom is 0.238 e. The van der Waals surface area contributed by atoms with Crippen molar-refractivity contribution in [2.75, 3.05) is 16.0 Å². The Hall–Kier alpha value is -2.27. The molecule has 4 nitrogen and oxygen atoms in total. The third kappa shape index (κ3) is 6.13. The average molecular weight is 439 g/mol. The van der Waals surface area contributed by atoms with Gasteiger partial charge in [0.1, 0.15) is 5.37 Å². The first-order chi connectivity index (χ1) is 14.7.